The number of thiazole rings is 1. The van der Waals surface area contributed by atoms with Crippen molar-refractivity contribution in [3.63, 3.8) is 0 Å². The average Bonchev–Trinajstić information content (AvgIpc) is 3.27. The lowest BCUT2D eigenvalue weighted by Crippen LogP contribution is -2.31. The van der Waals surface area contributed by atoms with Crippen molar-refractivity contribution in [1.82, 2.24) is 20.2 Å². The van der Waals surface area contributed by atoms with Gasteiger partial charge >= 0.3 is 5.97 Å². The minimum Gasteiger partial charge on any atom is -0.462 e. The molecule has 2 heterocycles. The van der Waals surface area contributed by atoms with Gasteiger partial charge in [-0.15, -0.1) is 0 Å². The van der Waals surface area contributed by atoms with Crippen LogP contribution in [0.3, 0.4) is 0 Å². The molecule has 7 nitrogen and oxygen atoms in total. The van der Waals surface area contributed by atoms with Crippen LogP contribution in [0.1, 0.15) is 83.6 Å². The molecular weight excluding hydrogens is 484 g/mol. The molecule has 0 radical (unpaired) electrons. The van der Waals surface area contributed by atoms with Crippen LogP contribution in [0.2, 0.25) is 0 Å². The molecule has 1 amide bonds. The van der Waals surface area contributed by atoms with Gasteiger partial charge in [0.1, 0.15) is 10.3 Å². The number of amides is 1. The van der Waals surface area contributed by atoms with Gasteiger partial charge < -0.3 is 15.0 Å². The SMILES string of the molecule is CCOC(=O)c1cccc(C(CCN(C)C)NC(=O)c2nc3cc4c(nc3s2)CC[C@H](C(C)(C)C)C4)c1. The van der Waals surface area contributed by atoms with E-state index in [1.165, 1.54) is 16.9 Å². The number of nitrogens with zero attached hydrogens (tertiary/aromatic N) is 3. The van der Waals surface area contributed by atoms with Crippen LogP contribution in [0.25, 0.3) is 10.3 Å². The van der Waals surface area contributed by atoms with Gasteiger partial charge in [-0.2, -0.15) is 0 Å². The number of hydrogen-bond donors (Lipinski definition) is 1. The Labute approximate surface area is 223 Å². The van der Waals surface area contributed by atoms with E-state index in [9.17, 15) is 9.59 Å². The Morgan fingerprint density at radius 1 is 1.22 bits per heavy atom. The molecule has 0 saturated carbocycles. The van der Waals surface area contributed by atoms with E-state index in [2.05, 4.69) is 42.0 Å². The van der Waals surface area contributed by atoms with E-state index >= 15 is 0 Å². The maximum atomic E-state index is 13.4. The number of aryl methyl sites for hydroxylation is 1. The first-order valence-corrected chi connectivity index (χ1v) is 13.9. The number of ether oxygens (including phenoxy) is 1. The summed E-state index contributed by atoms with van der Waals surface area (Å²) in [5.41, 5.74) is 4.79. The van der Waals surface area contributed by atoms with Gasteiger partial charge in [-0.05, 0) is 93.9 Å². The van der Waals surface area contributed by atoms with Gasteiger partial charge in [0.25, 0.3) is 5.91 Å². The third-order valence-electron chi connectivity index (χ3n) is 7.14. The summed E-state index contributed by atoms with van der Waals surface area (Å²) in [6, 6.07) is 9.16. The molecular formula is C29H38N4O3S. The molecule has 0 saturated heterocycles. The van der Waals surface area contributed by atoms with Crippen LogP contribution in [0.15, 0.2) is 30.3 Å². The molecule has 8 heteroatoms. The fourth-order valence-corrected chi connectivity index (χ4v) is 5.72. The Morgan fingerprint density at radius 3 is 2.70 bits per heavy atom. The Balaban J connectivity index is 1.57. The highest BCUT2D eigenvalue weighted by molar-refractivity contribution is 7.19. The van der Waals surface area contributed by atoms with Crippen LogP contribution >= 0.6 is 11.3 Å². The molecule has 0 aliphatic heterocycles. The number of aromatic nitrogens is 2. The van der Waals surface area contributed by atoms with Crippen molar-refractivity contribution in [3.8, 4) is 0 Å². The predicted molar refractivity (Wildman–Crippen MR) is 148 cm³/mol. The summed E-state index contributed by atoms with van der Waals surface area (Å²) in [5.74, 6) is 0.0271. The lowest BCUT2D eigenvalue weighted by atomic mass is 9.71. The number of carbonyl (C=O) groups is 2. The van der Waals surface area contributed by atoms with Gasteiger partial charge in [0.15, 0.2) is 5.01 Å². The summed E-state index contributed by atoms with van der Waals surface area (Å²) in [4.78, 5) is 38.1. The third-order valence-corrected chi connectivity index (χ3v) is 8.10. The largest absolute Gasteiger partial charge is 0.462 e. The van der Waals surface area contributed by atoms with Gasteiger partial charge in [-0.1, -0.05) is 44.2 Å². The van der Waals surface area contributed by atoms with Crippen LogP contribution in [0.4, 0.5) is 0 Å². The van der Waals surface area contributed by atoms with Crippen LogP contribution in [0.5, 0.6) is 0 Å². The van der Waals surface area contributed by atoms with Crippen molar-refractivity contribution in [3.05, 3.63) is 57.7 Å². The Bertz CT molecular complexity index is 1280. The Morgan fingerprint density at radius 2 is 2.00 bits per heavy atom. The highest BCUT2D eigenvalue weighted by Gasteiger charge is 2.30. The minimum absolute atomic E-state index is 0.223. The van der Waals surface area contributed by atoms with E-state index < -0.39 is 0 Å². The zero-order chi connectivity index (χ0) is 26.7. The molecule has 1 N–H and O–H groups in total. The zero-order valence-corrected chi connectivity index (χ0v) is 23.6. The molecule has 0 bridgehead atoms. The zero-order valence-electron chi connectivity index (χ0n) is 22.8. The van der Waals surface area contributed by atoms with E-state index in [0.29, 0.717) is 29.5 Å². The number of benzene rings is 1. The summed E-state index contributed by atoms with van der Waals surface area (Å²) in [6.45, 7) is 9.78. The first-order valence-electron chi connectivity index (χ1n) is 13.1. The second-order valence-corrected chi connectivity index (χ2v) is 12.2. The van der Waals surface area contributed by atoms with Crippen molar-refractivity contribution in [1.29, 1.82) is 0 Å². The van der Waals surface area contributed by atoms with Crippen molar-refractivity contribution < 1.29 is 14.3 Å². The molecule has 1 unspecified atom stereocenters. The molecule has 3 aromatic rings. The normalized spacial score (nSPS) is 16.5. The van der Waals surface area contributed by atoms with Crippen LogP contribution in [-0.2, 0) is 17.6 Å². The summed E-state index contributed by atoms with van der Waals surface area (Å²) >= 11 is 1.34. The molecule has 1 aromatic carbocycles. The second-order valence-electron chi connectivity index (χ2n) is 11.2. The van der Waals surface area contributed by atoms with Crippen molar-refractivity contribution in [2.75, 3.05) is 27.2 Å². The fraction of sp³-hybridized carbons (Fsp3) is 0.517. The van der Waals surface area contributed by atoms with Crippen molar-refractivity contribution >= 4 is 33.6 Å². The number of pyridine rings is 1. The third kappa shape index (κ3) is 6.54. The Kier molecular flexibility index (Phi) is 8.29. The van der Waals surface area contributed by atoms with Gasteiger partial charge in [-0.25, -0.2) is 14.8 Å². The minimum atomic E-state index is -0.364. The van der Waals surface area contributed by atoms with Gasteiger partial charge in [0, 0.05) is 5.69 Å². The molecule has 0 fully saturated rings. The molecule has 198 valence electrons. The predicted octanol–water partition coefficient (Wildman–Crippen LogP) is 5.44. The van der Waals surface area contributed by atoms with Crippen LogP contribution in [-0.4, -0.2) is 54.0 Å². The van der Waals surface area contributed by atoms with Crippen LogP contribution in [0, 0.1) is 11.3 Å². The molecule has 2 aromatic heterocycles. The highest BCUT2D eigenvalue weighted by Crippen LogP contribution is 2.38. The number of esters is 1. The fourth-order valence-electron chi connectivity index (χ4n) is 4.87. The number of nitrogens with one attached hydrogen (secondary N) is 1. The molecule has 1 aliphatic carbocycles. The lowest BCUT2D eigenvalue weighted by Gasteiger charge is -2.34. The average molecular weight is 523 g/mol. The number of rotatable bonds is 8. The maximum absolute atomic E-state index is 13.4. The van der Waals surface area contributed by atoms with Crippen molar-refractivity contribution in [2.24, 2.45) is 11.3 Å². The molecule has 4 rings (SSSR count). The van der Waals surface area contributed by atoms with Crippen LogP contribution < -0.4 is 5.32 Å². The maximum Gasteiger partial charge on any atom is 0.338 e. The first-order chi connectivity index (χ1) is 17.5. The summed E-state index contributed by atoms with van der Waals surface area (Å²) in [7, 11) is 4.00. The summed E-state index contributed by atoms with van der Waals surface area (Å²) in [5, 5.41) is 3.57. The quantitative estimate of drug-likeness (QED) is 0.397. The monoisotopic (exact) mass is 522 g/mol. The highest BCUT2D eigenvalue weighted by atomic mass is 32.1. The van der Waals surface area contributed by atoms with E-state index in [-0.39, 0.29) is 23.3 Å². The van der Waals surface area contributed by atoms with Gasteiger partial charge in [-0.3, -0.25) is 4.79 Å². The van der Waals surface area contributed by atoms with E-state index in [0.717, 1.165) is 47.4 Å². The van der Waals surface area contributed by atoms with E-state index in [1.54, 1.807) is 19.1 Å². The number of fused-ring (bicyclic) bond motifs is 2. The second kappa shape index (κ2) is 11.3. The first kappa shape index (κ1) is 27.2. The molecule has 1 aliphatic rings. The number of hydrogen-bond acceptors (Lipinski definition) is 7. The summed E-state index contributed by atoms with van der Waals surface area (Å²) in [6.07, 6.45) is 3.80. The van der Waals surface area contributed by atoms with Crippen molar-refractivity contribution in [2.45, 2.75) is 59.4 Å². The van der Waals surface area contributed by atoms with E-state index in [4.69, 9.17) is 9.72 Å². The van der Waals surface area contributed by atoms with Gasteiger partial charge in [0.2, 0.25) is 0 Å². The van der Waals surface area contributed by atoms with E-state index in [1.807, 2.05) is 26.2 Å². The lowest BCUT2D eigenvalue weighted by molar-refractivity contribution is 0.0526. The summed E-state index contributed by atoms with van der Waals surface area (Å²) < 4.78 is 5.16. The topological polar surface area (TPSA) is 84.4 Å². The smallest absolute Gasteiger partial charge is 0.338 e. The molecule has 2 atom stereocenters. The van der Waals surface area contributed by atoms with Gasteiger partial charge in [0.05, 0.1) is 18.2 Å². The Hall–Kier alpha value is -2.84. The molecule has 37 heavy (non-hydrogen) atoms. The number of carbonyl (C=O) groups excluding carboxylic acids is 2. The molecule has 0 spiro atoms. The standard InChI is InChI=1S/C29H38N4O3S/c1-7-36-28(35)19-10-8-9-18(15-19)23(13-14-33(5)6)30-25(34)27-32-24-17-20-16-21(29(2,3)4)11-12-22(20)31-26(24)37-27/h8-10,15,17,21,23H,7,11-14,16H2,1-6H3,(H,30,34)/t21-,23?/m0/s1.